The highest BCUT2D eigenvalue weighted by Crippen LogP contribution is 2.17. The lowest BCUT2D eigenvalue weighted by Gasteiger charge is -2.23. The van der Waals surface area contributed by atoms with E-state index in [9.17, 15) is 4.79 Å². The highest BCUT2D eigenvalue weighted by atomic mass is 16.5. The molecule has 5 heteroatoms. The van der Waals surface area contributed by atoms with Crippen molar-refractivity contribution in [3.8, 4) is 5.75 Å². The maximum Gasteiger partial charge on any atom is 0.255 e. The minimum atomic E-state index is -0.106. The Labute approximate surface area is 133 Å². The zero-order chi connectivity index (χ0) is 16.4. The first-order valence-corrected chi connectivity index (χ1v) is 7.79. The number of rotatable bonds is 10. The van der Waals surface area contributed by atoms with Crippen molar-refractivity contribution < 1.29 is 14.3 Å². The number of carbonyl (C=O) groups excluding carboxylic acids is 1. The van der Waals surface area contributed by atoms with E-state index in [1.54, 1.807) is 19.2 Å². The van der Waals surface area contributed by atoms with E-state index in [0.29, 0.717) is 37.1 Å². The summed E-state index contributed by atoms with van der Waals surface area (Å²) in [5.74, 6) is 0.484. The van der Waals surface area contributed by atoms with Crippen LogP contribution < -0.4 is 10.1 Å². The number of likely N-dealkylation sites (N-methyl/N-ethyl adjacent to an activating group) is 1. The molecule has 0 aliphatic carbocycles. The molecular weight excluding hydrogens is 280 g/mol. The third kappa shape index (κ3) is 6.03. The van der Waals surface area contributed by atoms with Crippen LogP contribution in [0.5, 0.6) is 5.75 Å². The fourth-order valence-electron chi connectivity index (χ4n) is 1.99. The van der Waals surface area contributed by atoms with E-state index < -0.39 is 0 Å². The summed E-state index contributed by atoms with van der Waals surface area (Å²) in [5.41, 5.74) is 0.560. The van der Waals surface area contributed by atoms with Crippen molar-refractivity contribution in [1.29, 1.82) is 0 Å². The van der Waals surface area contributed by atoms with Gasteiger partial charge in [0.25, 0.3) is 5.91 Å². The number of hydrogen-bond acceptors (Lipinski definition) is 4. The minimum Gasteiger partial charge on any atom is -0.490 e. The number of nitrogens with zero attached hydrogens (tertiary/aromatic N) is 1. The van der Waals surface area contributed by atoms with Crippen LogP contribution in [0, 0.1) is 0 Å². The standard InChI is InChI=1S/C17H28N2O3/c1-5-14(2)19(3)11-10-18-17(20)15-8-6-7-9-16(15)22-13-12-21-4/h6-9,14H,5,10-13H2,1-4H3,(H,18,20). The molecule has 1 atom stereocenters. The van der Waals surface area contributed by atoms with Crippen molar-refractivity contribution in [2.75, 3.05) is 40.5 Å². The molecule has 0 radical (unpaired) electrons. The molecule has 1 rings (SSSR count). The maximum atomic E-state index is 12.3. The first kappa shape index (κ1) is 18.5. The summed E-state index contributed by atoms with van der Waals surface area (Å²) in [7, 11) is 3.69. The first-order valence-electron chi connectivity index (χ1n) is 7.79. The summed E-state index contributed by atoms with van der Waals surface area (Å²) in [4.78, 5) is 14.5. The highest BCUT2D eigenvalue weighted by Gasteiger charge is 2.12. The molecule has 124 valence electrons. The van der Waals surface area contributed by atoms with Gasteiger partial charge in [0.2, 0.25) is 0 Å². The predicted octanol–water partition coefficient (Wildman–Crippen LogP) is 2.17. The van der Waals surface area contributed by atoms with Crippen molar-refractivity contribution in [2.45, 2.75) is 26.3 Å². The number of carbonyl (C=O) groups is 1. The van der Waals surface area contributed by atoms with E-state index in [4.69, 9.17) is 9.47 Å². The van der Waals surface area contributed by atoms with Gasteiger partial charge in [0, 0.05) is 26.2 Å². The lowest BCUT2D eigenvalue weighted by Crippen LogP contribution is -2.37. The number of hydrogen-bond donors (Lipinski definition) is 1. The molecule has 0 fully saturated rings. The third-order valence-electron chi connectivity index (χ3n) is 3.77. The number of nitrogens with one attached hydrogen (secondary N) is 1. The average molecular weight is 308 g/mol. The van der Waals surface area contributed by atoms with Gasteiger partial charge in [-0.25, -0.2) is 0 Å². The molecule has 0 saturated heterocycles. The monoisotopic (exact) mass is 308 g/mol. The van der Waals surface area contributed by atoms with Crippen LogP contribution >= 0.6 is 0 Å². The summed E-state index contributed by atoms with van der Waals surface area (Å²) < 4.78 is 10.5. The van der Waals surface area contributed by atoms with Gasteiger partial charge >= 0.3 is 0 Å². The second-order valence-corrected chi connectivity index (χ2v) is 5.33. The van der Waals surface area contributed by atoms with E-state index in [1.807, 2.05) is 12.1 Å². The van der Waals surface area contributed by atoms with Crippen molar-refractivity contribution in [1.82, 2.24) is 10.2 Å². The molecule has 1 amide bonds. The minimum absolute atomic E-state index is 0.106. The van der Waals surface area contributed by atoms with Gasteiger partial charge < -0.3 is 19.7 Å². The van der Waals surface area contributed by atoms with Gasteiger partial charge in [0.1, 0.15) is 12.4 Å². The van der Waals surface area contributed by atoms with Crippen LogP contribution in [0.4, 0.5) is 0 Å². The number of ether oxygens (including phenoxy) is 2. The van der Waals surface area contributed by atoms with Gasteiger partial charge in [-0.15, -0.1) is 0 Å². The van der Waals surface area contributed by atoms with Gasteiger partial charge in [-0.05, 0) is 32.5 Å². The Balaban J connectivity index is 2.51. The zero-order valence-corrected chi connectivity index (χ0v) is 14.1. The van der Waals surface area contributed by atoms with Gasteiger partial charge in [-0.1, -0.05) is 19.1 Å². The van der Waals surface area contributed by atoms with Crippen LogP contribution in [0.1, 0.15) is 30.6 Å². The normalized spacial score (nSPS) is 12.2. The summed E-state index contributed by atoms with van der Waals surface area (Å²) in [5, 5.41) is 2.95. The quantitative estimate of drug-likeness (QED) is 0.673. The van der Waals surface area contributed by atoms with Crippen molar-refractivity contribution in [3.05, 3.63) is 29.8 Å². The number of para-hydroxylation sites is 1. The van der Waals surface area contributed by atoms with E-state index in [-0.39, 0.29) is 5.91 Å². The van der Waals surface area contributed by atoms with E-state index in [0.717, 1.165) is 13.0 Å². The van der Waals surface area contributed by atoms with Crippen LogP contribution in [0.3, 0.4) is 0 Å². The number of methoxy groups -OCH3 is 1. The van der Waals surface area contributed by atoms with Gasteiger partial charge in [0.05, 0.1) is 12.2 Å². The molecule has 1 aromatic rings. The fraction of sp³-hybridized carbons (Fsp3) is 0.588. The lowest BCUT2D eigenvalue weighted by atomic mass is 10.2. The molecule has 5 nitrogen and oxygen atoms in total. The number of benzene rings is 1. The topological polar surface area (TPSA) is 50.8 Å². The van der Waals surface area contributed by atoms with Crippen LogP contribution in [-0.4, -0.2) is 57.3 Å². The molecule has 1 N–H and O–H groups in total. The summed E-state index contributed by atoms with van der Waals surface area (Å²) in [6.45, 7) is 6.71. The maximum absolute atomic E-state index is 12.3. The molecular formula is C17H28N2O3. The summed E-state index contributed by atoms with van der Waals surface area (Å²) in [6, 6.07) is 7.78. The van der Waals surface area contributed by atoms with Crippen LogP contribution in [0.15, 0.2) is 24.3 Å². The molecule has 1 aromatic carbocycles. The average Bonchev–Trinajstić information content (AvgIpc) is 2.54. The largest absolute Gasteiger partial charge is 0.490 e. The summed E-state index contributed by atoms with van der Waals surface area (Å²) in [6.07, 6.45) is 1.10. The molecule has 0 aliphatic heterocycles. The third-order valence-corrected chi connectivity index (χ3v) is 3.77. The molecule has 0 aromatic heterocycles. The first-order chi connectivity index (χ1) is 10.6. The molecule has 22 heavy (non-hydrogen) atoms. The van der Waals surface area contributed by atoms with Crippen molar-refractivity contribution in [3.63, 3.8) is 0 Å². The van der Waals surface area contributed by atoms with Crippen LogP contribution in [0.2, 0.25) is 0 Å². The highest BCUT2D eigenvalue weighted by molar-refractivity contribution is 5.96. The van der Waals surface area contributed by atoms with Crippen LogP contribution in [-0.2, 0) is 4.74 Å². The van der Waals surface area contributed by atoms with E-state index in [1.165, 1.54) is 0 Å². The van der Waals surface area contributed by atoms with Crippen LogP contribution in [0.25, 0.3) is 0 Å². The Kier molecular flexibility index (Phi) is 8.55. The van der Waals surface area contributed by atoms with Crippen molar-refractivity contribution >= 4 is 5.91 Å². The Morgan fingerprint density at radius 1 is 1.32 bits per heavy atom. The van der Waals surface area contributed by atoms with Gasteiger partial charge in [0.15, 0.2) is 0 Å². The van der Waals surface area contributed by atoms with E-state index >= 15 is 0 Å². The Bertz CT molecular complexity index is 451. The zero-order valence-electron chi connectivity index (χ0n) is 14.1. The second-order valence-electron chi connectivity index (χ2n) is 5.33. The number of amides is 1. The predicted molar refractivity (Wildman–Crippen MR) is 88.5 cm³/mol. The molecule has 0 aliphatic rings. The van der Waals surface area contributed by atoms with E-state index in [2.05, 4.69) is 31.1 Å². The molecule has 0 heterocycles. The van der Waals surface area contributed by atoms with Gasteiger partial charge in [-0.3, -0.25) is 4.79 Å². The molecule has 0 spiro atoms. The van der Waals surface area contributed by atoms with Gasteiger partial charge in [-0.2, -0.15) is 0 Å². The lowest BCUT2D eigenvalue weighted by molar-refractivity contribution is 0.0939. The Hall–Kier alpha value is -1.59. The fourth-order valence-corrected chi connectivity index (χ4v) is 1.99. The molecule has 0 saturated carbocycles. The smallest absolute Gasteiger partial charge is 0.255 e. The SMILES string of the molecule is CCC(C)N(C)CCNC(=O)c1ccccc1OCCOC. The molecule has 0 bridgehead atoms. The Morgan fingerprint density at radius 3 is 2.73 bits per heavy atom. The summed E-state index contributed by atoms with van der Waals surface area (Å²) >= 11 is 0. The second kappa shape index (κ2) is 10.2. The van der Waals surface area contributed by atoms with Crippen molar-refractivity contribution in [2.24, 2.45) is 0 Å². The Morgan fingerprint density at radius 2 is 2.05 bits per heavy atom. The molecule has 1 unspecified atom stereocenters.